The summed E-state index contributed by atoms with van der Waals surface area (Å²) in [5.41, 5.74) is -0.546. The molecule has 0 unspecified atom stereocenters. The van der Waals surface area contributed by atoms with Gasteiger partial charge in [-0.1, -0.05) is 27.2 Å². The van der Waals surface area contributed by atoms with E-state index in [9.17, 15) is 9.90 Å². The van der Waals surface area contributed by atoms with Gasteiger partial charge in [-0.05, 0) is 26.2 Å². The lowest BCUT2D eigenvalue weighted by Gasteiger charge is -2.30. The van der Waals surface area contributed by atoms with Crippen LogP contribution in [-0.4, -0.2) is 21.7 Å². The lowest BCUT2D eigenvalue weighted by Crippen LogP contribution is -2.33. The zero-order valence-corrected chi connectivity index (χ0v) is 12.2. The number of nitrogens with zero attached hydrogens (tertiary/aromatic N) is 1. The number of H-pyrrole nitrogens is 1. The maximum Gasteiger partial charge on any atom is 0.258 e. The molecule has 0 amide bonds. The van der Waals surface area contributed by atoms with E-state index in [0.29, 0.717) is 37.3 Å². The molecule has 1 aromatic heterocycles. The van der Waals surface area contributed by atoms with Gasteiger partial charge in [0, 0.05) is 6.61 Å². The third-order valence-corrected chi connectivity index (χ3v) is 3.49. The maximum atomic E-state index is 12.0. The maximum absolute atomic E-state index is 12.0. The smallest absolute Gasteiger partial charge is 0.258 e. The van der Waals surface area contributed by atoms with E-state index in [2.05, 4.69) is 9.97 Å². The SMILES string of the molecule is CCCc1c(O)nc(C(CC)(CC)OCC)[nH]c1=O. The van der Waals surface area contributed by atoms with Crippen LogP contribution in [0.4, 0.5) is 0 Å². The predicted molar refractivity (Wildman–Crippen MR) is 74.4 cm³/mol. The largest absolute Gasteiger partial charge is 0.493 e. The minimum atomic E-state index is -0.629. The highest BCUT2D eigenvalue weighted by Crippen LogP contribution is 2.31. The molecule has 0 aliphatic carbocycles. The first-order chi connectivity index (χ1) is 9.04. The van der Waals surface area contributed by atoms with E-state index < -0.39 is 5.60 Å². The summed E-state index contributed by atoms with van der Waals surface area (Å²) in [6.07, 6.45) is 2.68. The molecule has 5 heteroatoms. The number of hydrogen-bond acceptors (Lipinski definition) is 4. The summed E-state index contributed by atoms with van der Waals surface area (Å²) < 4.78 is 5.78. The molecule has 0 fully saturated rings. The van der Waals surface area contributed by atoms with E-state index in [-0.39, 0.29) is 11.4 Å². The van der Waals surface area contributed by atoms with E-state index in [1.54, 1.807) is 0 Å². The normalized spacial score (nSPS) is 11.8. The first-order valence-electron chi connectivity index (χ1n) is 7.01. The molecule has 5 nitrogen and oxygen atoms in total. The monoisotopic (exact) mass is 268 g/mol. The van der Waals surface area contributed by atoms with Crippen molar-refractivity contribution in [2.75, 3.05) is 6.61 Å². The second kappa shape index (κ2) is 6.70. The highest BCUT2D eigenvalue weighted by Gasteiger charge is 2.32. The van der Waals surface area contributed by atoms with Gasteiger partial charge in [-0.25, -0.2) is 0 Å². The molecule has 0 saturated carbocycles. The molecule has 0 bridgehead atoms. The highest BCUT2D eigenvalue weighted by atomic mass is 16.5. The van der Waals surface area contributed by atoms with E-state index in [4.69, 9.17) is 4.74 Å². The van der Waals surface area contributed by atoms with Gasteiger partial charge in [0.25, 0.3) is 5.56 Å². The zero-order valence-electron chi connectivity index (χ0n) is 12.2. The Morgan fingerprint density at radius 2 is 1.89 bits per heavy atom. The van der Waals surface area contributed by atoms with Gasteiger partial charge in [-0.15, -0.1) is 0 Å². The average molecular weight is 268 g/mol. The number of aromatic hydroxyl groups is 1. The van der Waals surface area contributed by atoms with Gasteiger partial charge >= 0.3 is 0 Å². The van der Waals surface area contributed by atoms with Crippen molar-refractivity contribution in [2.45, 2.75) is 59.0 Å². The Balaban J connectivity index is 3.30. The van der Waals surface area contributed by atoms with Crippen molar-refractivity contribution in [1.82, 2.24) is 9.97 Å². The van der Waals surface area contributed by atoms with Crippen molar-refractivity contribution < 1.29 is 9.84 Å². The number of aromatic nitrogens is 2. The summed E-state index contributed by atoms with van der Waals surface area (Å²) in [5, 5.41) is 9.94. The van der Waals surface area contributed by atoms with Crippen LogP contribution in [-0.2, 0) is 16.8 Å². The second-order valence-corrected chi connectivity index (χ2v) is 4.60. The van der Waals surface area contributed by atoms with E-state index in [0.717, 1.165) is 6.42 Å². The van der Waals surface area contributed by atoms with E-state index >= 15 is 0 Å². The third-order valence-electron chi connectivity index (χ3n) is 3.49. The van der Waals surface area contributed by atoms with Crippen LogP contribution in [0.15, 0.2) is 4.79 Å². The molecule has 1 rings (SSSR count). The van der Waals surface area contributed by atoms with Gasteiger partial charge in [-0.3, -0.25) is 4.79 Å². The minimum absolute atomic E-state index is 0.174. The van der Waals surface area contributed by atoms with Crippen LogP contribution in [0.2, 0.25) is 0 Å². The van der Waals surface area contributed by atoms with Crippen molar-refractivity contribution in [1.29, 1.82) is 0 Å². The predicted octanol–water partition coefficient (Wildman–Crippen LogP) is 2.48. The van der Waals surface area contributed by atoms with Gasteiger partial charge in [0.1, 0.15) is 11.4 Å². The van der Waals surface area contributed by atoms with Crippen molar-refractivity contribution in [2.24, 2.45) is 0 Å². The van der Waals surface area contributed by atoms with Gasteiger partial charge in [0.2, 0.25) is 5.88 Å². The fourth-order valence-corrected chi connectivity index (χ4v) is 2.31. The van der Waals surface area contributed by atoms with Crippen LogP contribution in [0.1, 0.15) is 58.3 Å². The van der Waals surface area contributed by atoms with Gasteiger partial charge in [0.05, 0.1) is 5.56 Å². The van der Waals surface area contributed by atoms with Gasteiger partial charge < -0.3 is 14.8 Å². The van der Waals surface area contributed by atoms with Crippen LogP contribution in [0, 0.1) is 0 Å². The van der Waals surface area contributed by atoms with Crippen LogP contribution in [0.5, 0.6) is 5.88 Å². The van der Waals surface area contributed by atoms with Crippen LogP contribution < -0.4 is 5.56 Å². The molecule has 1 aromatic rings. The van der Waals surface area contributed by atoms with Crippen molar-refractivity contribution in [3.8, 4) is 5.88 Å². The molecule has 0 atom stereocenters. The summed E-state index contributed by atoms with van der Waals surface area (Å²) >= 11 is 0. The van der Waals surface area contributed by atoms with Crippen molar-refractivity contribution >= 4 is 0 Å². The summed E-state index contributed by atoms with van der Waals surface area (Å²) in [5.74, 6) is 0.244. The Bertz CT molecular complexity index is 464. The Morgan fingerprint density at radius 1 is 1.26 bits per heavy atom. The minimum Gasteiger partial charge on any atom is -0.493 e. The number of rotatable bonds is 7. The molecule has 0 aliphatic rings. The number of hydrogen-bond donors (Lipinski definition) is 2. The van der Waals surface area contributed by atoms with Crippen molar-refractivity contribution in [3.05, 3.63) is 21.7 Å². The van der Waals surface area contributed by atoms with Gasteiger partial charge in [-0.2, -0.15) is 4.98 Å². The Morgan fingerprint density at radius 3 is 2.32 bits per heavy atom. The Kier molecular flexibility index (Phi) is 5.54. The lowest BCUT2D eigenvalue weighted by atomic mass is 9.95. The quantitative estimate of drug-likeness (QED) is 0.796. The third kappa shape index (κ3) is 3.15. The zero-order chi connectivity index (χ0) is 14.5. The highest BCUT2D eigenvalue weighted by molar-refractivity contribution is 5.24. The molecule has 19 heavy (non-hydrogen) atoms. The molecule has 0 saturated heterocycles. The molecular formula is C14H24N2O3. The van der Waals surface area contributed by atoms with Gasteiger partial charge in [0.15, 0.2) is 0 Å². The molecule has 1 heterocycles. The molecular weight excluding hydrogens is 244 g/mol. The molecule has 2 N–H and O–H groups in total. The number of ether oxygens (including phenoxy) is 1. The molecule has 0 aromatic carbocycles. The number of aromatic amines is 1. The number of nitrogens with one attached hydrogen (secondary N) is 1. The fraction of sp³-hybridized carbons (Fsp3) is 0.714. The van der Waals surface area contributed by atoms with Crippen molar-refractivity contribution in [3.63, 3.8) is 0 Å². The average Bonchev–Trinajstić information content (AvgIpc) is 2.40. The second-order valence-electron chi connectivity index (χ2n) is 4.60. The van der Waals surface area contributed by atoms with E-state index in [1.807, 2.05) is 27.7 Å². The summed E-state index contributed by atoms with van der Waals surface area (Å²) in [6.45, 7) is 8.36. The standard InChI is InChI=1S/C14H24N2O3/c1-5-9-10-11(17)15-13(16-12(10)18)14(6-2,7-3)19-8-4/h5-9H2,1-4H3,(H2,15,16,17,18). The fourth-order valence-electron chi connectivity index (χ4n) is 2.31. The summed E-state index contributed by atoms with van der Waals surface area (Å²) in [4.78, 5) is 19.0. The van der Waals surface area contributed by atoms with Crippen LogP contribution in [0.25, 0.3) is 0 Å². The van der Waals surface area contributed by atoms with E-state index in [1.165, 1.54) is 0 Å². The molecule has 108 valence electrons. The Hall–Kier alpha value is -1.36. The summed E-state index contributed by atoms with van der Waals surface area (Å²) in [7, 11) is 0. The Labute approximate surface area is 114 Å². The first kappa shape index (κ1) is 15.7. The lowest BCUT2D eigenvalue weighted by molar-refractivity contribution is -0.0576. The van der Waals surface area contributed by atoms with Crippen LogP contribution in [0.3, 0.4) is 0 Å². The topological polar surface area (TPSA) is 75.2 Å². The summed E-state index contributed by atoms with van der Waals surface area (Å²) in [6, 6.07) is 0. The molecule has 0 radical (unpaired) electrons. The molecule has 0 aliphatic heterocycles. The molecule has 0 spiro atoms. The first-order valence-corrected chi connectivity index (χ1v) is 7.01. The van der Waals surface area contributed by atoms with Crippen LogP contribution >= 0.6 is 0 Å².